The number of carbonyl (C=O) groups is 1. The van der Waals surface area contributed by atoms with E-state index < -0.39 is 5.91 Å². The Morgan fingerprint density at radius 3 is 2.40 bits per heavy atom. The zero-order valence-electron chi connectivity index (χ0n) is 35.1. The molecule has 0 radical (unpaired) electrons. The van der Waals surface area contributed by atoms with Crippen molar-refractivity contribution in [2.24, 2.45) is 73.9 Å². The fraction of sp³-hybridized carbons (Fsp3) is 0.826. The number of hydrazone groups is 1. The van der Waals surface area contributed by atoms with E-state index in [1.54, 1.807) is 27.0 Å². The highest BCUT2D eigenvalue weighted by Crippen LogP contribution is 2.92. The van der Waals surface area contributed by atoms with Gasteiger partial charge in [-0.1, -0.05) is 85.8 Å². The topological polar surface area (TPSA) is 88.7 Å². The van der Waals surface area contributed by atoms with Gasteiger partial charge in [-0.2, -0.15) is 5.10 Å². The van der Waals surface area contributed by atoms with Crippen molar-refractivity contribution in [3.8, 4) is 0 Å². The van der Waals surface area contributed by atoms with Crippen LogP contribution in [0.25, 0.3) is 0 Å². The summed E-state index contributed by atoms with van der Waals surface area (Å²) < 4.78 is 6.62. The molecule has 0 aromatic heterocycles. The molecule has 4 N–H and O–H groups in total. The maximum Gasteiger partial charge on any atom is 0.266 e. The van der Waals surface area contributed by atoms with Crippen molar-refractivity contribution in [3.05, 3.63) is 35.3 Å². The van der Waals surface area contributed by atoms with E-state index in [1.807, 2.05) is 5.57 Å². The number of primary amides is 1. The van der Waals surface area contributed by atoms with Crippen LogP contribution in [-0.2, 0) is 9.53 Å². The Morgan fingerprint density at radius 2 is 1.81 bits per heavy atom. The van der Waals surface area contributed by atoms with Crippen molar-refractivity contribution in [2.75, 3.05) is 7.05 Å². The van der Waals surface area contributed by atoms with Gasteiger partial charge in [-0.25, -0.2) is 0 Å². The molecule has 6 heteroatoms. The van der Waals surface area contributed by atoms with Crippen LogP contribution in [0, 0.1) is 63.1 Å². The number of nitrogens with two attached hydrogens (primary N) is 1. The van der Waals surface area contributed by atoms with Crippen LogP contribution < -0.4 is 16.5 Å². The Hall–Kier alpha value is -2.08. The van der Waals surface area contributed by atoms with Gasteiger partial charge in [0.05, 0.1) is 6.26 Å². The van der Waals surface area contributed by atoms with Gasteiger partial charge in [0.2, 0.25) is 0 Å². The van der Waals surface area contributed by atoms with Crippen LogP contribution in [0.3, 0.4) is 0 Å². The van der Waals surface area contributed by atoms with Crippen LogP contribution in [0.1, 0.15) is 159 Å². The number of carbonyl (C=O) groups excluding carboxylic acids is 1. The van der Waals surface area contributed by atoms with Gasteiger partial charge in [-0.3, -0.25) is 10.2 Å². The second-order valence-electron chi connectivity index (χ2n) is 19.9. The molecule has 1 aliphatic heterocycles. The van der Waals surface area contributed by atoms with E-state index >= 15 is 0 Å². The molecule has 0 aromatic rings. The molecular formula is C46H76N4O2. The van der Waals surface area contributed by atoms with Gasteiger partial charge >= 0.3 is 0 Å². The van der Waals surface area contributed by atoms with E-state index in [0.29, 0.717) is 44.7 Å². The van der Waals surface area contributed by atoms with Gasteiger partial charge in [-0.15, -0.1) is 0 Å². The molecule has 0 aromatic carbocycles. The number of fused-ring (bicyclic) bond motifs is 3. The van der Waals surface area contributed by atoms with Crippen molar-refractivity contribution in [3.63, 3.8) is 0 Å². The zero-order chi connectivity index (χ0) is 37.9. The fourth-order valence-corrected chi connectivity index (χ4v) is 14.6. The number of rotatable bonds is 11. The Bertz CT molecular complexity index is 1470. The largest absolute Gasteiger partial charge is 0.495 e. The molecule has 292 valence electrons. The van der Waals surface area contributed by atoms with E-state index in [2.05, 4.69) is 89.8 Å². The summed E-state index contributed by atoms with van der Waals surface area (Å²) in [4.78, 5) is 10.7. The molecular weight excluding hydrogens is 641 g/mol. The Balaban J connectivity index is 0.000000368. The number of nitrogens with one attached hydrogen (secondary N) is 2. The van der Waals surface area contributed by atoms with Gasteiger partial charge in [0.15, 0.2) is 0 Å². The predicted molar refractivity (Wildman–Crippen MR) is 216 cm³/mol. The first-order valence-electron chi connectivity index (χ1n) is 21.6. The van der Waals surface area contributed by atoms with Crippen molar-refractivity contribution in [1.82, 2.24) is 10.7 Å². The lowest BCUT2D eigenvalue weighted by Gasteiger charge is -2.69. The molecule has 2 bridgehead atoms. The number of ether oxygens (including phenoxy) is 1. The molecule has 2 spiro atoms. The molecule has 7 rings (SSSR count). The minimum atomic E-state index is -0.490. The number of allylic oxidation sites excluding steroid dienone is 4. The van der Waals surface area contributed by atoms with Crippen LogP contribution in [0.15, 0.2) is 40.4 Å². The first-order chi connectivity index (χ1) is 24.6. The molecule has 1 heterocycles. The summed E-state index contributed by atoms with van der Waals surface area (Å²) in [7, 11) is 2.25. The highest BCUT2D eigenvalue weighted by molar-refractivity contribution is 5.92. The summed E-state index contributed by atoms with van der Waals surface area (Å²) in [5, 5.41) is 7.53. The summed E-state index contributed by atoms with van der Waals surface area (Å²) in [5.41, 5.74) is 13.0. The first-order valence-corrected chi connectivity index (χ1v) is 21.6. The average Bonchev–Trinajstić information content (AvgIpc) is 3.67. The predicted octanol–water partition coefficient (Wildman–Crippen LogP) is 10.5. The Morgan fingerprint density at radius 1 is 1.10 bits per heavy atom. The average molecular weight is 717 g/mol. The minimum absolute atomic E-state index is 0.0467. The lowest BCUT2D eigenvalue weighted by atomic mass is 9.36. The number of hydrogen-bond acceptors (Lipinski definition) is 5. The third kappa shape index (κ3) is 5.71. The van der Waals surface area contributed by atoms with E-state index in [0.717, 1.165) is 35.2 Å². The van der Waals surface area contributed by atoms with Gasteiger partial charge in [0.1, 0.15) is 11.3 Å². The summed E-state index contributed by atoms with van der Waals surface area (Å²) in [5.74, 6) is 5.20. The molecule has 0 saturated heterocycles. The van der Waals surface area contributed by atoms with Crippen LogP contribution in [0.2, 0.25) is 0 Å². The molecule has 1 amide bonds. The van der Waals surface area contributed by atoms with E-state index in [9.17, 15) is 4.79 Å². The monoisotopic (exact) mass is 717 g/mol. The van der Waals surface area contributed by atoms with Gasteiger partial charge in [-0.05, 0) is 156 Å². The number of nitrogens with zero attached hydrogens (tertiary/aromatic N) is 1. The Kier molecular flexibility index (Phi) is 10.8. The van der Waals surface area contributed by atoms with Gasteiger partial charge in [0.25, 0.3) is 5.91 Å². The highest BCUT2D eigenvalue weighted by Gasteiger charge is 2.87. The molecule has 5 fully saturated rings. The molecule has 52 heavy (non-hydrogen) atoms. The lowest BCUT2D eigenvalue weighted by molar-refractivity contribution is -0.182. The van der Waals surface area contributed by atoms with E-state index in [-0.39, 0.29) is 5.60 Å². The summed E-state index contributed by atoms with van der Waals surface area (Å²) in [6.45, 7) is 23.3. The van der Waals surface area contributed by atoms with Crippen molar-refractivity contribution in [1.29, 1.82) is 0 Å². The second kappa shape index (κ2) is 14.2. The summed E-state index contributed by atoms with van der Waals surface area (Å²) >= 11 is 0. The molecule has 11 atom stereocenters. The van der Waals surface area contributed by atoms with Crippen molar-refractivity contribution < 1.29 is 9.53 Å². The fourth-order valence-electron chi connectivity index (χ4n) is 14.6. The Labute approximate surface area is 318 Å². The van der Waals surface area contributed by atoms with Gasteiger partial charge in [0, 0.05) is 22.6 Å². The molecule has 7 unspecified atom stereocenters. The highest BCUT2D eigenvalue weighted by atomic mass is 16.5. The van der Waals surface area contributed by atoms with Crippen LogP contribution in [0.5, 0.6) is 0 Å². The van der Waals surface area contributed by atoms with Gasteiger partial charge < -0.3 is 15.8 Å². The SMILES string of the molecule is C/C=N\NC(C(N)=O)=C(C)C.CCC(CCC1(NC)CCCCC1)[C@]1(C)C2CCC3C(=CC[C@]45C=CO[C@]([C@H](C)C(C)C)(CCC34C)C5)C23C(C)C31. The second-order valence-corrected chi connectivity index (χ2v) is 19.9. The zero-order valence-corrected chi connectivity index (χ0v) is 35.1. The minimum Gasteiger partial charge on any atom is -0.495 e. The summed E-state index contributed by atoms with van der Waals surface area (Å²) in [6.07, 6.45) is 28.4. The normalized spacial score (nSPS) is 41.7. The number of hydrogen-bond donors (Lipinski definition) is 3. The molecule has 6 aliphatic carbocycles. The quantitative estimate of drug-likeness (QED) is 0.0860. The molecule has 6 nitrogen and oxygen atoms in total. The van der Waals surface area contributed by atoms with Crippen LogP contribution in [0.4, 0.5) is 0 Å². The summed E-state index contributed by atoms with van der Waals surface area (Å²) in [6, 6.07) is 0. The first kappa shape index (κ1) is 39.6. The standard InChI is InChI=1S/C39H63NO.C7H13N3O/c1-9-29(15-20-37(40-8)17-11-10-12-18-37)35(7)32-14-13-30-31(39(32)28(5)33(35)39)16-19-36-23-24-41-38(25-36,27(4)26(2)3)22-21-34(30,36)6;1-4-9-10-6(5(2)3)7(8)11/h16,23-24,26-30,32-33,40H,9-15,17-22,25H2,1-8H3;4,10H,1-3H3,(H2,8,11)/b;9-4-/t27-,28?,29?,30?,32?,33?,34?,35-,36-,38-,39?;/m1./s1. The molecule has 7 aliphatic rings. The lowest BCUT2D eigenvalue weighted by Crippen LogP contribution is -2.63. The third-order valence-corrected chi connectivity index (χ3v) is 17.8. The third-order valence-electron chi connectivity index (χ3n) is 17.8. The van der Waals surface area contributed by atoms with Crippen LogP contribution in [-0.4, -0.2) is 30.3 Å². The van der Waals surface area contributed by atoms with E-state index in [4.69, 9.17) is 10.5 Å². The van der Waals surface area contributed by atoms with Crippen LogP contribution >= 0.6 is 0 Å². The van der Waals surface area contributed by atoms with Crippen molar-refractivity contribution >= 4 is 12.1 Å². The maximum atomic E-state index is 10.7. The maximum absolute atomic E-state index is 10.7. The van der Waals surface area contributed by atoms with E-state index in [1.165, 1.54) is 89.9 Å². The number of amides is 1. The van der Waals surface area contributed by atoms with Crippen molar-refractivity contribution in [2.45, 2.75) is 170 Å². The molecule has 5 saturated carbocycles. The smallest absolute Gasteiger partial charge is 0.266 e.